The zero-order valence-electron chi connectivity index (χ0n) is 9.39. The molecule has 1 unspecified atom stereocenters. The zero-order valence-corrected chi connectivity index (χ0v) is 11.0. The maximum absolute atomic E-state index is 9.87. The van der Waals surface area contributed by atoms with E-state index in [1.54, 1.807) is 6.07 Å². The molecule has 0 spiro atoms. The van der Waals surface area contributed by atoms with Crippen LogP contribution in [0.1, 0.15) is 24.0 Å². The highest BCUT2D eigenvalue weighted by atomic mass is 79.9. The number of hydrogen-bond donors (Lipinski definition) is 2. The summed E-state index contributed by atoms with van der Waals surface area (Å²) < 4.78 is 0.591. The third-order valence-corrected chi connectivity index (χ3v) is 3.50. The monoisotopic (exact) mass is 292 g/mol. The smallest absolute Gasteiger partial charge is 0.133 e. The number of aromatic hydroxyl groups is 2. The standard InChI is InChI=1S/C14H13BrO2/c1-9(10-5-3-2-4-6-10)11-7-12(15)14(17)8-13(11)16/h2-9,16-17H,1H3. The van der Waals surface area contributed by atoms with Gasteiger partial charge in [0, 0.05) is 17.5 Å². The quantitative estimate of drug-likeness (QED) is 0.878. The Bertz CT molecular complexity index is 523. The van der Waals surface area contributed by atoms with E-state index in [1.807, 2.05) is 37.3 Å². The van der Waals surface area contributed by atoms with Crippen molar-refractivity contribution >= 4 is 15.9 Å². The van der Waals surface area contributed by atoms with E-state index in [0.29, 0.717) is 4.47 Å². The van der Waals surface area contributed by atoms with Crippen LogP contribution in [0.25, 0.3) is 0 Å². The molecule has 88 valence electrons. The second kappa shape index (κ2) is 4.80. The lowest BCUT2D eigenvalue weighted by Crippen LogP contribution is -1.96. The predicted octanol–water partition coefficient (Wildman–Crippen LogP) is 4.01. The van der Waals surface area contributed by atoms with Crippen LogP contribution in [0.5, 0.6) is 11.5 Å². The Morgan fingerprint density at radius 2 is 1.65 bits per heavy atom. The van der Waals surface area contributed by atoms with Crippen molar-refractivity contribution in [3.8, 4) is 11.5 Å². The van der Waals surface area contributed by atoms with Gasteiger partial charge in [0.2, 0.25) is 0 Å². The number of benzene rings is 2. The van der Waals surface area contributed by atoms with E-state index >= 15 is 0 Å². The predicted molar refractivity (Wildman–Crippen MR) is 71.4 cm³/mol. The Morgan fingerprint density at radius 1 is 1.00 bits per heavy atom. The minimum Gasteiger partial charge on any atom is -0.508 e. The first kappa shape index (κ1) is 12.0. The fraction of sp³-hybridized carbons (Fsp3) is 0.143. The molecule has 17 heavy (non-hydrogen) atoms. The van der Waals surface area contributed by atoms with E-state index in [4.69, 9.17) is 0 Å². The number of hydrogen-bond acceptors (Lipinski definition) is 2. The Hall–Kier alpha value is -1.48. The Labute approximate surface area is 109 Å². The summed E-state index contributed by atoms with van der Waals surface area (Å²) in [6.45, 7) is 2.02. The first-order chi connectivity index (χ1) is 8.09. The first-order valence-corrected chi connectivity index (χ1v) is 6.15. The summed E-state index contributed by atoms with van der Waals surface area (Å²) in [6, 6.07) is 13.1. The van der Waals surface area contributed by atoms with Crippen molar-refractivity contribution < 1.29 is 10.2 Å². The van der Waals surface area contributed by atoms with E-state index in [1.165, 1.54) is 6.07 Å². The number of halogens is 1. The minimum absolute atomic E-state index is 0.0477. The molecule has 0 saturated heterocycles. The van der Waals surface area contributed by atoms with Crippen LogP contribution in [-0.4, -0.2) is 10.2 Å². The summed E-state index contributed by atoms with van der Waals surface area (Å²) in [5, 5.41) is 19.3. The third-order valence-electron chi connectivity index (χ3n) is 2.86. The Morgan fingerprint density at radius 3 is 2.29 bits per heavy atom. The van der Waals surface area contributed by atoms with Gasteiger partial charge in [-0.2, -0.15) is 0 Å². The van der Waals surface area contributed by atoms with Crippen molar-refractivity contribution in [3.05, 3.63) is 58.1 Å². The average molecular weight is 293 g/mol. The van der Waals surface area contributed by atoms with Crippen molar-refractivity contribution in [2.24, 2.45) is 0 Å². The molecule has 2 aromatic rings. The van der Waals surface area contributed by atoms with Crippen LogP contribution in [0.2, 0.25) is 0 Å². The lowest BCUT2D eigenvalue weighted by molar-refractivity contribution is 0.442. The molecule has 0 aliphatic rings. The summed E-state index contributed by atoms with van der Waals surface area (Å²) in [7, 11) is 0. The molecule has 2 N–H and O–H groups in total. The van der Waals surface area contributed by atoms with Crippen molar-refractivity contribution in [1.82, 2.24) is 0 Å². The summed E-state index contributed by atoms with van der Waals surface area (Å²) in [6.07, 6.45) is 0. The van der Waals surface area contributed by atoms with E-state index in [9.17, 15) is 10.2 Å². The summed E-state index contributed by atoms with van der Waals surface area (Å²) in [5.41, 5.74) is 1.92. The fourth-order valence-electron chi connectivity index (χ4n) is 1.83. The molecule has 1 atom stereocenters. The number of rotatable bonds is 2. The molecule has 2 rings (SSSR count). The Balaban J connectivity index is 2.44. The summed E-state index contributed by atoms with van der Waals surface area (Å²) in [4.78, 5) is 0. The van der Waals surface area contributed by atoms with E-state index in [2.05, 4.69) is 15.9 Å². The van der Waals surface area contributed by atoms with Gasteiger partial charge in [0.05, 0.1) is 4.47 Å². The van der Waals surface area contributed by atoms with Gasteiger partial charge in [0.25, 0.3) is 0 Å². The van der Waals surface area contributed by atoms with Crippen LogP contribution in [0.3, 0.4) is 0 Å². The van der Waals surface area contributed by atoms with Crippen LogP contribution < -0.4 is 0 Å². The van der Waals surface area contributed by atoms with Gasteiger partial charge in [-0.3, -0.25) is 0 Å². The highest BCUT2D eigenvalue weighted by Crippen LogP contribution is 2.37. The van der Waals surface area contributed by atoms with Gasteiger partial charge >= 0.3 is 0 Å². The van der Waals surface area contributed by atoms with Crippen LogP contribution in [0, 0.1) is 0 Å². The number of phenols is 2. The molecule has 0 aliphatic carbocycles. The number of phenolic OH excluding ortho intramolecular Hbond substituents is 2. The normalized spacial score (nSPS) is 12.4. The second-order valence-electron chi connectivity index (χ2n) is 3.99. The van der Waals surface area contributed by atoms with Gasteiger partial charge in [-0.1, -0.05) is 37.3 Å². The lowest BCUT2D eigenvalue weighted by Gasteiger charge is -2.15. The van der Waals surface area contributed by atoms with Gasteiger partial charge in [-0.15, -0.1) is 0 Å². The van der Waals surface area contributed by atoms with Crippen LogP contribution in [0.15, 0.2) is 46.9 Å². The molecule has 0 radical (unpaired) electrons. The molecule has 0 aromatic heterocycles. The molecule has 0 aliphatic heterocycles. The van der Waals surface area contributed by atoms with E-state index in [-0.39, 0.29) is 17.4 Å². The van der Waals surface area contributed by atoms with E-state index < -0.39 is 0 Å². The summed E-state index contributed by atoms with van der Waals surface area (Å²) in [5.74, 6) is 0.238. The van der Waals surface area contributed by atoms with Gasteiger partial charge in [0.15, 0.2) is 0 Å². The second-order valence-corrected chi connectivity index (χ2v) is 4.85. The van der Waals surface area contributed by atoms with Crippen molar-refractivity contribution in [3.63, 3.8) is 0 Å². The molecule has 2 nitrogen and oxygen atoms in total. The highest BCUT2D eigenvalue weighted by molar-refractivity contribution is 9.10. The van der Waals surface area contributed by atoms with E-state index in [0.717, 1.165) is 11.1 Å². The summed E-state index contributed by atoms with van der Waals surface area (Å²) >= 11 is 3.26. The fourth-order valence-corrected chi connectivity index (χ4v) is 2.20. The largest absolute Gasteiger partial charge is 0.508 e. The molecule has 3 heteroatoms. The van der Waals surface area contributed by atoms with Gasteiger partial charge in [0.1, 0.15) is 11.5 Å². The van der Waals surface area contributed by atoms with Crippen molar-refractivity contribution in [2.75, 3.05) is 0 Å². The van der Waals surface area contributed by atoms with Crippen molar-refractivity contribution in [1.29, 1.82) is 0 Å². The third kappa shape index (κ3) is 2.44. The van der Waals surface area contributed by atoms with Gasteiger partial charge in [-0.05, 0) is 27.6 Å². The highest BCUT2D eigenvalue weighted by Gasteiger charge is 2.14. The zero-order chi connectivity index (χ0) is 12.4. The topological polar surface area (TPSA) is 40.5 Å². The molecule has 0 saturated carbocycles. The van der Waals surface area contributed by atoms with Crippen LogP contribution in [-0.2, 0) is 0 Å². The molecule has 0 heterocycles. The first-order valence-electron chi connectivity index (χ1n) is 5.36. The average Bonchev–Trinajstić information content (AvgIpc) is 2.34. The van der Waals surface area contributed by atoms with Gasteiger partial charge < -0.3 is 10.2 Å². The Kier molecular flexibility index (Phi) is 3.38. The lowest BCUT2D eigenvalue weighted by atomic mass is 9.92. The SMILES string of the molecule is CC(c1ccccc1)c1cc(Br)c(O)cc1O. The molecule has 0 fully saturated rings. The van der Waals surface area contributed by atoms with Crippen LogP contribution in [0.4, 0.5) is 0 Å². The van der Waals surface area contributed by atoms with Crippen molar-refractivity contribution in [2.45, 2.75) is 12.8 Å². The molecular formula is C14H13BrO2. The van der Waals surface area contributed by atoms with Crippen LogP contribution >= 0.6 is 15.9 Å². The molecule has 0 bridgehead atoms. The maximum Gasteiger partial charge on any atom is 0.133 e. The minimum atomic E-state index is 0.0477. The molecule has 0 amide bonds. The maximum atomic E-state index is 9.87. The van der Waals surface area contributed by atoms with Gasteiger partial charge in [-0.25, -0.2) is 0 Å². The molecule has 2 aromatic carbocycles. The molecular weight excluding hydrogens is 280 g/mol.